The van der Waals surface area contributed by atoms with Crippen LogP contribution in [0.15, 0.2) is 5.16 Å². The van der Waals surface area contributed by atoms with E-state index in [4.69, 9.17) is 15.7 Å². The van der Waals surface area contributed by atoms with E-state index >= 15 is 0 Å². The Morgan fingerprint density at radius 1 is 1.56 bits per heavy atom. The molecule has 1 heterocycles. The Hall–Kier alpha value is -1.30. The molecule has 6 heteroatoms. The topological polar surface area (TPSA) is 96.9 Å². The molecule has 0 bridgehead atoms. The van der Waals surface area contributed by atoms with E-state index in [1.54, 1.807) is 0 Å². The van der Waals surface area contributed by atoms with Crippen molar-refractivity contribution in [3.05, 3.63) is 0 Å². The molecule has 102 valence electrons. The molecule has 2 fully saturated rings. The molecule has 0 radical (unpaired) electrons. The van der Waals surface area contributed by atoms with Gasteiger partial charge in [0, 0.05) is 6.61 Å². The second-order valence-corrected chi connectivity index (χ2v) is 5.23. The summed E-state index contributed by atoms with van der Waals surface area (Å²) in [5.74, 6) is -0.127. The van der Waals surface area contributed by atoms with Crippen LogP contribution in [-0.4, -0.2) is 35.7 Å². The Morgan fingerprint density at radius 3 is 2.72 bits per heavy atom. The lowest BCUT2D eigenvalue weighted by Crippen LogP contribution is -2.57. The highest BCUT2D eigenvalue weighted by molar-refractivity contribution is 6.07. The van der Waals surface area contributed by atoms with Crippen LogP contribution in [0.4, 0.5) is 0 Å². The summed E-state index contributed by atoms with van der Waals surface area (Å²) in [4.78, 5) is 12.3. The van der Waals surface area contributed by atoms with Crippen LogP contribution in [0.1, 0.15) is 39.0 Å². The maximum absolute atomic E-state index is 12.3. The SMILES string of the molecule is CC(NC(=O)C1(C(N)=NO)CCC1)C1CCCO1. The Labute approximate surface area is 107 Å². The zero-order valence-electron chi connectivity index (χ0n) is 10.7. The molecule has 0 aromatic rings. The summed E-state index contributed by atoms with van der Waals surface area (Å²) >= 11 is 0. The summed E-state index contributed by atoms with van der Waals surface area (Å²) in [5.41, 5.74) is 4.85. The van der Waals surface area contributed by atoms with Crippen LogP contribution in [0.2, 0.25) is 0 Å². The van der Waals surface area contributed by atoms with E-state index in [-0.39, 0.29) is 23.9 Å². The van der Waals surface area contributed by atoms with Crippen molar-refractivity contribution in [2.75, 3.05) is 6.61 Å². The van der Waals surface area contributed by atoms with Gasteiger partial charge in [-0.3, -0.25) is 4.79 Å². The first kappa shape index (κ1) is 13.1. The maximum atomic E-state index is 12.3. The molecule has 1 saturated carbocycles. The molecule has 0 aromatic heterocycles. The third kappa shape index (κ3) is 2.16. The van der Waals surface area contributed by atoms with Gasteiger partial charge in [0.15, 0.2) is 5.84 Å². The van der Waals surface area contributed by atoms with Gasteiger partial charge < -0.3 is 21.0 Å². The minimum absolute atomic E-state index is 0.0193. The molecule has 0 aromatic carbocycles. The molecule has 0 spiro atoms. The van der Waals surface area contributed by atoms with E-state index in [1.807, 2.05) is 6.92 Å². The summed E-state index contributed by atoms with van der Waals surface area (Å²) in [6.07, 6.45) is 4.31. The van der Waals surface area contributed by atoms with Crippen LogP contribution >= 0.6 is 0 Å². The first-order chi connectivity index (χ1) is 8.60. The summed E-state index contributed by atoms with van der Waals surface area (Å²) in [7, 11) is 0. The van der Waals surface area contributed by atoms with Crippen molar-refractivity contribution in [2.45, 2.75) is 51.2 Å². The van der Waals surface area contributed by atoms with Gasteiger partial charge in [0.2, 0.25) is 5.91 Å². The molecule has 6 nitrogen and oxygen atoms in total. The minimum Gasteiger partial charge on any atom is -0.409 e. The molecule has 2 atom stereocenters. The smallest absolute Gasteiger partial charge is 0.234 e. The number of amides is 1. The number of oxime groups is 1. The van der Waals surface area contributed by atoms with Crippen LogP contribution in [-0.2, 0) is 9.53 Å². The van der Waals surface area contributed by atoms with Gasteiger partial charge in [-0.15, -0.1) is 0 Å². The second kappa shape index (κ2) is 5.14. The minimum atomic E-state index is -0.804. The fourth-order valence-electron chi connectivity index (χ4n) is 2.66. The zero-order chi connectivity index (χ0) is 13.2. The molecule has 1 amide bonds. The predicted molar refractivity (Wildman–Crippen MR) is 66.3 cm³/mol. The number of ether oxygens (including phenoxy) is 1. The maximum Gasteiger partial charge on any atom is 0.234 e. The third-order valence-electron chi connectivity index (χ3n) is 4.12. The lowest BCUT2D eigenvalue weighted by molar-refractivity contribution is -0.132. The average molecular weight is 255 g/mol. The molecule has 2 unspecified atom stereocenters. The first-order valence-electron chi connectivity index (χ1n) is 6.51. The van der Waals surface area contributed by atoms with Gasteiger partial charge in [-0.25, -0.2) is 0 Å². The molecule has 1 saturated heterocycles. The van der Waals surface area contributed by atoms with Crippen molar-refractivity contribution >= 4 is 11.7 Å². The Morgan fingerprint density at radius 2 is 2.28 bits per heavy atom. The molecule has 1 aliphatic carbocycles. The number of nitrogens with two attached hydrogens (primary N) is 1. The van der Waals surface area contributed by atoms with Gasteiger partial charge >= 0.3 is 0 Å². The molecular formula is C12H21N3O3. The van der Waals surface area contributed by atoms with Gasteiger partial charge in [-0.2, -0.15) is 0 Å². The molecule has 18 heavy (non-hydrogen) atoms. The summed E-state index contributed by atoms with van der Waals surface area (Å²) in [5, 5.41) is 14.7. The Balaban J connectivity index is 1.98. The molecular weight excluding hydrogens is 234 g/mol. The molecule has 2 rings (SSSR count). The number of hydrogen-bond acceptors (Lipinski definition) is 4. The standard InChI is InChI=1S/C12H21N3O3/c1-8(9-4-2-7-18-9)14-11(16)12(5-3-6-12)10(13)15-17/h8-9,17H,2-7H2,1H3,(H2,13,15)(H,14,16). The van der Waals surface area contributed by atoms with Crippen LogP contribution < -0.4 is 11.1 Å². The van der Waals surface area contributed by atoms with E-state index in [1.165, 1.54) is 0 Å². The lowest BCUT2D eigenvalue weighted by Gasteiger charge is -2.39. The number of carbonyl (C=O) groups excluding carboxylic acids is 1. The van der Waals surface area contributed by atoms with E-state index in [2.05, 4.69) is 10.5 Å². The van der Waals surface area contributed by atoms with Gasteiger partial charge in [0.05, 0.1) is 12.1 Å². The summed E-state index contributed by atoms with van der Waals surface area (Å²) < 4.78 is 5.54. The van der Waals surface area contributed by atoms with Crippen molar-refractivity contribution in [3.63, 3.8) is 0 Å². The van der Waals surface area contributed by atoms with Gasteiger partial charge in [-0.1, -0.05) is 11.6 Å². The third-order valence-corrected chi connectivity index (χ3v) is 4.12. The number of nitrogens with zero attached hydrogens (tertiary/aromatic N) is 1. The number of rotatable bonds is 4. The number of nitrogens with one attached hydrogen (secondary N) is 1. The second-order valence-electron chi connectivity index (χ2n) is 5.23. The van der Waals surface area contributed by atoms with Crippen LogP contribution in [0.3, 0.4) is 0 Å². The molecule has 4 N–H and O–H groups in total. The predicted octanol–water partition coefficient (Wildman–Crippen LogP) is 0.587. The van der Waals surface area contributed by atoms with Crippen molar-refractivity contribution in [1.82, 2.24) is 5.32 Å². The Kier molecular flexibility index (Phi) is 3.75. The van der Waals surface area contributed by atoms with E-state index < -0.39 is 5.41 Å². The fraction of sp³-hybridized carbons (Fsp3) is 0.833. The fourth-order valence-corrected chi connectivity index (χ4v) is 2.66. The molecule has 2 aliphatic rings. The quantitative estimate of drug-likeness (QED) is 0.296. The number of hydrogen-bond donors (Lipinski definition) is 3. The van der Waals surface area contributed by atoms with E-state index in [0.717, 1.165) is 25.9 Å². The van der Waals surface area contributed by atoms with Crippen molar-refractivity contribution in [1.29, 1.82) is 0 Å². The highest BCUT2D eigenvalue weighted by Gasteiger charge is 2.49. The number of amidine groups is 1. The van der Waals surface area contributed by atoms with Crippen LogP contribution in [0.25, 0.3) is 0 Å². The van der Waals surface area contributed by atoms with E-state index in [0.29, 0.717) is 12.8 Å². The zero-order valence-corrected chi connectivity index (χ0v) is 10.7. The first-order valence-corrected chi connectivity index (χ1v) is 6.51. The van der Waals surface area contributed by atoms with Crippen LogP contribution in [0.5, 0.6) is 0 Å². The van der Waals surface area contributed by atoms with Crippen molar-refractivity contribution in [2.24, 2.45) is 16.3 Å². The lowest BCUT2D eigenvalue weighted by atomic mass is 9.67. The van der Waals surface area contributed by atoms with Crippen molar-refractivity contribution in [3.8, 4) is 0 Å². The van der Waals surface area contributed by atoms with Crippen molar-refractivity contribution < 1.29 is 14.7 Å². The highest BCUT2D eigenvalue weighted by Crippen LogP contribution is 2.41. The normalized spacial score (nSPS) is 28.5. The number of carbonyl (C=O) groups is 1. The van der Waals surface area contributed by atoms with Gasteiger partial charge in [0.1, 0.15) is 5.41 Å². The van der Waals surface area contributed by atoms with E-state index in [9.17, 15) is 4.79 Å². The largest absolute Gasteiger partial charge is 0.409 e. The average Bonchev–Trinajstić information content (AvgIpc) is 2.80. The van der Waals surface area contributed by atoms with Gasteiger partial charge in [0.25, 0.3) is 0 Å². The summed E-state index contributed by atoms with van der Waals surface area (Å²) in [6.45, 7) is 2.70. The van der Waals surface area contributed by atoms with Crippen LogP contribution in [0, 0.1) is 5.41 Å². The van der Waals surface area contributed by atoms with Gasteiger partial charge in [-0.05, 0) is 32.6 Å². The molecule has 1 aliphatic heterocycles. The highest BCUT2D eigenvalue weighted by atomic mass is 16.5. The Bertz CT molecular complexity index is 346. The summed E-state index contributed by atoms with van der Waals surface area (Å²) in [6, 6.07) is -0.0380. The monoisotopic (exact) mass is 255 g/mol.